The monoisotopic (exact) mass is 316 g/mol. The first-order chi connectivity index (χ1) is 11.3. The van der Waals surface area contributed by atoms with Crippen molar-refractivity contribution < 1.29 is 14.2 Å². The van der Waals surface area contributed by atoms with Gasteiger partial charge in [-0.2, -0.15) is 5.10 Å². The Morgan fingerprint density at radius 1 is 1.35 bits per heavy atom. The van der Waals surface area contributed by atoms with Crippen molar-refractivity contribution in [3.63, 3.8) is 0 Å². The van der Waals surface area contributed by atoms with E-state index in [4.69, 9.17) is 14.2 Å². The molecule has 2 aliphatic rings. The Balaban J connectivity index is 1.46. The Bertz CT molecular complexity index is 688. The van der Waals surface area contributed by atoms with Crippen molar-refractivity contribution >= 4 is 0 Å². The molecule has 23 heavy (non-hydrogen) atoms. The van der Waals surface area contributed by atoms with Crippen LogP contribution in [0.4, 0.5) is 0 Å². The van der Waals surface area contributed by atoms with Crippen LogP contribution >= 0.6 is 0 Å². The number of aromatic nitrogens is 3. The third kappa shape index (κ3) is 2.89. The zero-order valence-electron chi connectivity index (χ0n) is 13.1. The van der Waals surface area contributed by atoms with E-state index in [2.05, 4.69) is 33.1 Å². The van der Waals surface area contributed by atoms with Gasteiger partial charge in [0.1, 0.15) is 11.9 Å². The fourth-order valence-corrected chi connectivity index (χ4v) is 2.97. The minimum atomic E-state index is -0.0887. The SMILES string of the molecule is CCc1nc([C@H]2CN(Cc3cccc4c3OCO4)CCO2)n[nH]1. The molecule has 2 aromatic rings. The first-order valence-corrected chi connectivity index (χ1v) is 7.96. The van der Waals surface area contributed by atoms with E-state index in [1.165, 1.54) is 0 Å². The van der Waals surface area contributed by atoms with Crippen LogP contribution in [0.15, 0.2) is 18.2 Å². The minimum Gasteiger partial charge on any atom is -0.454 e. The molecule has 1 fully saturated rings. The number of rotatable bonds is 4. The first-order valence-electron chi connectivity index (χ1n) is 7.96. The third-order valence-corrected chi connectivity index (χ3v) is 4.19. The van der Waals surface area contributed by atoms with Gasteiger partial charge in [0, 0.05) is 31.6 Å². The summed E-state index contributed by atoms with van der Waals surface area (Å²) in [6.45, 7) is 5.48. The molecule has 1 saturated heterocycles. The van der Waals surface area contributed by atoms with Gasteiger partial charge in [-0.15, -0.1) is 0 Å². The molecule has 1 aromatic carbocycles. The number of morpholine rings is 1. The fourth-order valence-electron chi connectivity index (χ4n) is 2.97. The van der Waals surface area contributed by atoms with Gasteiger partial charge in [0.05, 0.1) is 6.61 Å². The molecule has 0 spiro atoms. The average molecular weight is 316 g/mol. The summed E-state index contributed by atoms with van der Waals surface area (Å²) in [5, 5.41) is 7.23. The number of ether oxygens (including phenoxy) is 3. The Labute approximate surface area is 134 Å². The maximum absolute atomic E-state index is 5.84. The van der Waals surface area contributed by atoms with Crippen LogP contribution in [-0.2, 0) is 17.7 Å². The largest absolute Gasteiger partial charge is 0.454 e. The van der Waals surface area contributed by atoms with Gasteiger partial charge in [0.15, 0.2) is 17.3 Å². The molecule has 122 valence electrons. The molecule has 0 bridgehead atoms. The molecule has 2 aliphatic heterocycles. The van der Waals surface area contributed by atoms with E-state index in [-0.39, 0.29) is 6.10 Å². The number of hydrogen-bond acceptors (Lipinski definition) is 6. The van der Waals surface area contributed by atoms with Gasteiger partial charge in [-0.05, 0) is 6.07 Å². The van der Waals surface area contributed by atoms with E-state index < -0.39 is 0 Å². The molecule has 0 unspecified atom stereocenters. The number of para-hydroxylation sites is 1. The summed E-state index contributed by atoms with van der Waals surface area (Å²) in [5.41, 5.74) is 1.14. The zero-order chi connectivity index (χ0) is 15.6. The lowest BCUT2D eigenvalue weighted by Crippen LogP contribution is -2.38. The molecule has 7 heteroatoms. The van der Waals surface area contributed by atoms with Crippen LogP contribution in [-0.4, -0.2) is 46.6 Å². The van der Waals surface area contributed by atoms with Gasteiger partial charge in [-0.25, -0.2) is 4.98 Å². The molecule has 0 amide bonds. The lowest BCUT2D eigenvalue weighted by Gasteiger charge is -2.31. The summed E-state index contributed by atoms with van der Waals surface area (Å²) < 4.78 is 16.9. The Hall–Kier alpha value is -2.12. The van der Waals surface area contributed by atoms with Crippen LogP contribution < -0.4 is 9.47 Å². The van der Waals surface area contributed by atoms with Gasteiger partial charge in [0.2, 0.25) is 6.79 Å². The number of fused-ring (bicyclic) bond motifs is 1. The molecule has 0 radical (unpaired) electrons. The Kier molecular flexibility index (Phi) is 3.88. The number of aromatic amines is 1. The van der Waals surface area contributed by atoms with Crippen LogP contribution in [0, 0.1) is 0 Å². The summed E-state index contributed by atoms with van der Waals surface area (Å²) in [4.78, 5) is 6.83. The molecule has 7 nitrogen and oxygen atoms in total. The van der Waals surface area contributed by atoms with Gasteiger partial charge in [-0.3, -0.25) is 10.00 Å². The smallest absolute Gasteiger partial charge is 0.231 e. The number of nitrogens with one attached hydrogen (secondary N) is 1. The molecule has 3 heterocycles. The van der Waals surface area contributed by atoms with Crippen molar-refractivity contribution in [2.45, 2.75) is 26.0 Å². The minimum absolute atomic E-state index is 0.0887. The van der Waals surface area contributed by atoms with E-state index in [0.29, 0.717) is 13.4 Å². The summed E-state index contributed by atoms with van der Waals surface area (Å²) in [5.74, 6) is 3.33. The number of nitrogens with zero attached hydrogens (tertiary/aromatic N) is 3. The number of aryl methyl sites for hydroxylation is 1. The second kappa shape index (κ2) is 6.17. The van der Waals surface area contributed by atoms with Crippen molar-refractivity contribution in [2.24, 2.45) is 0 Å². The maximum Gasteiger partial charge on any atom is 0.231 e. The summed E-state index contributed by atoms with van der Waals surface area (Å²) >= 11 is 0. The number of benzene rings is 1. The molecular formula is C16H20N4O3. The highest BCUT2D eigenvalue weighted by molar-refractivity contribution is 5.48. The second-order valence-corrected chi connectivity index (χ2v) is 5.74. The highest BCUT2D eigenvalue weighted by Crippen LogP contribution is 2.36. The predicted molar refractivity (Wildman–Crippen MR) is 82.3 cm³/mol. The van der Waals surface area contributed by atoms with E-state index in [1.54, 1.807) is 0 Å². The molecule has 1 N–H and O–H groups in total. The quantitative estimate of drug-likeness (QED) is 0.925. The van der Waals surface area contributed by atoms with Crippen molar-refractivity contribution in [1.82, 2.24) is 20.1 Å². The third-order valence-electron chi connectivity index (χ3n) is 4.19. The molecule has 0 aliphatic carbocycles. The van der Waals surface area contributed by atoms with Crippen molar-refractivity contribution in [3.8, 4) is 11.5 Å². The molecule has 1 aromatic heterocycles. The Morgan fingerprint density at radius 2 is 2.30 bits per heavy atom. The van der Waals surface area contributed by atoms with Crippen molar-refractivity contribution in [3.05, 3.63) is 35.4 Å². The van der Waals surface area contributed by atoms with Gasteiger partial charge >= 0.3 is 0 Å². The standard InChI is InChI=1S/C16H20N4O3/c1-2-14-17-16(19-18-14)13-9-20(6-7-21-13)8-11-4-3-5-12-15(11)23-10-22-12/h3-5,13H,2,6-10H2,1H3,(H,17,18,19)/t13-/m1/s1. The summed E-state index contributed by atoms with van der Waals surface area (Å²) in [7, 11) is 0. The van der Waals surface area contributed by atoms with Crippen LogP contribution in [0.1, 0.15) is 30.2 Å². The highest BCUT2D eigenvalue weighted by atomic mass is 16.7. The topological polar surface area (TPSA) is 72.5 Å². The van der Waals surface area contributed by atoms with Crippen LogP contribution in [0.3, 0.4) is 0 Å². The van der Waals surface area contributed by atoms with E-state index in [9.17, 15) is 0 Å². The van der Waals surface area contributed by atoms with Crippen molar-refractivity contribution in [1.29, 1.82) is 0 Å². The molecule has 1 atom stereocenters. The van der Waals surface area contributed by atoms with Crippen LogP contribution in [0.2, 0.25) is 0 Å². The maximum atomic E-state index is 5.84. The Morgan fingerprint density at radius 3 is 3.17 bits per heavy atom. The van der Waals surface area contributed by atoms with Crippen LogP contribution in [0.5, 0.6) is 11.5 Å². The molecule has 4 rings (SSSR count). The zero-order valence-corrected chi connectivity index (χ0v) is 13.1. The van der Waals surface area contributed by atoms with Gasteiger partial charge in [0.25, 0.3) is 0 Å². The average Bonchev–Trinajstić information content (AvgIpc) is 3.25. The normalized spacial score (nSPS) is 20.8. The first kappa shape index (κ1) is 14.5. The second-order valence-electron chi connectivity index (χ2n) is 5.74. The highest BCUT2D eigenvalue weighted by Gasteiger charge is 2.27. The van der Waals surface area contributed by atoms with Crippen molar-refractivity contribution in [2.75, 3.05) is 26.5 Å². The van der Waals surface area contributed by atoms with E-state index in [0.717, 1.165) is 54.8 Å². The predicted octanol–water partition coefficient (Wildman–Crippen LogP) is 1.67. The van der Waals surface area contributed by atoms with Gasteiger partial charge < -0.3 is 14.2 Å². The van der Waals surface area contributed by atoms with Gasteiger partial charge in [-0.1, -0.05) is 19.1 Å². The summed E-state index contributed by atoms with van der Waals surface area (Å²) in [6, 6.07) is 6.03. The number of H-pyrrole nitrogens is 1. The van der Waals surface area contributed by atoms with E-state index in [1.807, 2.05) is 12.1 Å². The van der Waals surface area contributed by atoms with Crippen LogP contribution in [0.25, 0.3) is 0 Å². The molecular weight excluding hydrogens is 296 g/mol. The fraction of sp³-hybridized carbons (Fsp3) is 0.500. The molecule has 0 saturated carbocycles. The summed E-state index contributed by atoms with van der Waals surface area (Å²) in [6.07, 6.45) is 0.755. The van der Waals surface area contributed by atoms with E-state index >= 15 is 0 Å². The number of hydrogen-bond donors (Lipinski definition) is 1. The lowest BCUT2D eigenvalue weighted by molar-refractivity contribution is -0.0372. The lowest BCUT2D eigenvalue weighted by atomic mass is 10.1.